The minimum atomic E-state index is -1.29. The number of H-pyrrole nitrogens is 1. The third-order valence-corrected chi connectivity index (χ3v) is 3.91. The van der Waals surface area contributed by atoms with Gasteiger partial charge >= 0.3 is 11.9 Å². The van der Waals surface area contributed by atoms with E-state index in [1.807, 2.05) is 6.92 Å². The Kier molecular flexibility index (Phi) is 4.34. The fraction of sp³-hybridized carbons (Fsp3) is 0.389. The average molecular weight is 344 g/mol. The van der Waals surface area contributed by atoms with Crippen molar-refractivity contribution in [2.45, 2.75) is 45.5 Å². The summed E-state index contributed by atoms with van der Waals surface area (Å²) in [6.07, 6.45) is 0.357. The lowest BCUT2D eigenvalue weighted by atomic mass is 10.0. The van der Waals surface area contributed by atoms with Gasteiger partial charge in [-0.25, -0.2) is 14.6 Å². The molecule has 3 rings (SSSR count). The number of aryl methyl sites for hydroxylation is 1. The van der Waals surface area contributed by atoms with Crippen molar-refractivity contribution in [3.63, 3.8) is 0 Å². The molecule has 1 aliphatic heterocycles. The van der Waals surface area contributed by atoms with E-state index in [1.54, 1.807) is 38.1 Å². The first-order valence-electron chi connectivity index (χ1n) is 8.14. The number of aliphatic hydroxyl groups is 1. The number of nitrogens with one attached hydrogen (secondary N) is 1. The molecule has 0 saturated heterocycles. The van der Waals surface area contributed by atoms with Crippen LogP contribution < -0.4 is 0 Å². The van der Waals surface area contributed by atoms with E-state index in [9.17, 15) is 14.7 Å². The van der Waals surface area contributed by atoms with Crippen LogP contribution in [0, 0.1) is 0 Å². The highest BCUT2D eigenvalue weighted by atomic mass is 16.7. The second kappa shape index (κ2) is 6.33. The van der Waals surface area contributed by atoms with Gasteiger partial charge in [0.1, 0.15) is 11.4 Å². The van der Waals surface area contributed by atoms with Gasteiger partial charge in [-0.2, -0.15) is 0 Å². The molecule has 1 aromatic heterocycles. The van der Waals surface area contributed by atoms with Gasteiger partial charge in [0.2, 0.25) is 0 Å². The number of benzene rings is 1. The summed E-state index contributed by atoms with van der Waals surface area (Å²) in [4.78, 5) is 31.7. The predicted octanol–water partition coefficient (Wildman–Crippen LogP) is 2.62. The fourth-order valence-electron chi connectivity index (χ4n) is 2.72. The minimum absolute atomic E-state index is 0.00335. The Balaban J connectivity index is 1.88. The second-order valence-corrected chi connectivity index (χ2v) is 6.45. The van der Waals surface area contributed by atoms with Crippen molar-refractivity contribution in [2.24, 2.45) is 0 Å². The number of aromatic nitrogens is 2. The summed E-state index contributed by atoms with van der Waals surface area (Å²) < 4.78 is 10.5. The monoisotopic (exact) mass is 344 g/mol. The molecule has 0 amide bonds. The van der Waals surface area contributed by atoms with E-state index >= 15 is 0 Å². The lowest BCUT2D eigenvalue weighted by Crippen LogP contribution is -2.22. The number of ether oxygens (including phenoxy) is 2. The van der Waals surface area contributed by atoms with Gasteiger partial charge in [0, 0.05) is 12.0 Å². The molecule has 0 saturated carbocycles. The Labute approximate surface area is 145 Å². The molecule has 0 spiro atoms. The molecule has 1 aromatic carbocycles. The van der Waals surface area contributed by atoms with Crippen LogP contribution in [0.3, 0.4) is 0 Å². The molecule has 0 bridgehead atoms. The molecule has 2 N–H and O–H groups in total. The molecule has 132 valence electrons. The molecule has 2 aromatic rings. The SMILES string of the molecule is CCCc1nc(C(=O)OC2OC(=O)c3ccccc32)c(C(C)(C)O)[nH]1. The summed E-state index contributed by atoms with van der Waals surface area (Å²) in [5.41, 5.74) is -0.154. The molecule has 1 unspecified atom stereocenters. The number of aromatic amines is 1. The van der Waals surface area contributed by atoms with Crippen molar-refractivity contribution in [3.8, 4) is 0 Å². The number of hydrogen-bond donors (Lipinski definition) is 2. The van der Waals surface area contributed by atoms with E-state index in [1.165, 1.54) is 0 Å². The molecule has 25 heavy (non-hydrogen) atoms. The van der Waals surface area contributed by atoms with Gasteiger partial charge in [-0.3, -0.25) is 0 Å². The van der Waals surface area contributed by atoms with Crippen molar-refractivity contribution in [2.75, 3.05) is 0 Å². The van der Waals surface area contributed by atoms with E-state index in [0.717, 1.165) is 6.42 Å². The topological polar surface area (TPSA) is 102 Å². The quantitative estimate of drug-likeness (QED) is 0.809. The van der Waals surface area contributed by atoms with Crippen LogP contribution in [-0.4, -0.2) is 27.0 Å². The number of carbonyl (C=O) groups excluding carboxylic acids is 2. The van der Waals surface area contributed by atoms with Crippen LogP contribution in [0.2, 0.25) is 0 Å². The minimum Gasteiger partial charge on any atom is -0.417 e. The molecular weight excluding hydrogens is 324 g/mol. The van der Waals surface area contributed by atoms with Gasteiger partial charge in [0.25, 0.3) is 6.29 Å². The van der Waals surface area contributed by atoms with E-state index in [4.69, 9.17) is 9.47 Å². The predicted molar refractivity (Wildman–Crippen MR) is 87.8 cm³/mol. The van der Waals surface area contributed by atoms with Crippen molar-refractivity contribution >= 4 is 11.9 Å². The molecule has 0 aliphatic carbocycles. The van der Waals surface area contributed by atoms with Crippen LogP contribution in [0.25, 0.3) is 0 Å². The molecule has 1 atom stereocenters. The van der Waals surface area contributed by atoms with E-state index < -0.39 is 23.8 Å². The van der Waals surface area contributed by atoms with Crippen LogP contribution in [0.15, 0.2) is 24.3 Å². The first-order valence-corrected chi connectivity index (χ1v) is 8.14. The molecule has 1 aliphatic rings. The third-order valence-electron chi connectivity index (χ3n) is 3.91. The third kappa shape index (κ3) is 3.28. The summed E-state index contributed by atoms with van der Waals surface area (Å²) in [5.74, 6) is -0.703. The first-order chi connectivity index (χ1) is 11.8. The van der Waals surface area contributed by atoms with Crippen molar-refractivity contribution in [1.82, 2.24) is 9.97 Å². The maximum absolute atomic E-state index is 12.6. The molecule has 0 radical (unpaired) electrons. The summed E-state index contributed by atoms with van der Waals surface area (Å²) >= 11 is 0. The molecular formula is C18H20N2O5. The summed E-state index contributed by atoms with van der Waals surface area (Å²) in [5, 5.41) is 10.3. The lowest BCUT2D eigenvalue weighted by molar-refractivity contribution is -0.0731. The van der Waals surface area contributed by atoms with Crippen molar-refractivity contribution in [3.05, 3.63) is 52.6 Å². The zero-order valence-corrected chi connectivity index (χ0v) is 14.3. The Bertz CT molecular complexity index is 819. The van der Waals surface area contributed by atoms with E-state index in [-0.39, 0.29) is 11.4 Å². The van der Waals surface area contributed by atoms with Crippen LogP contribution in [0.1, 0.15) is 71.4 Å². The van der Waals surface area contributed by atoms with Gasteiger partial charge in [-0.05, 0) is 26.3 Å². The Morgan fingerprint density at radius 1 is 1.40 bits per heavy atom. The summed E-state index contributed by atoms with van der Waals surface area (Å²) in [6.45, 7) is 5.09. The number of esters is 2. The van der Waals surface area contributed by atoms with Crippen LogP contribution in [-0.2, 0) is 21.5 Å². The number of rotatable bonds is 5. The largest absolute Gasteiger partial charge is 0.417 e. The zero-order valence-electron chi connectivity index (χ0n) is 14.3. The highest BCUT2D eigenvalue weighted by Gasteiger charge is 2.36. The number of carbonyl (C=O) groups is 2. The number of hydrogen-bond acceptors (Lipinski definition) is 6. The van der Waals surface area contributed by atoms with Crippen LogP contribution in [0.5, 0.6) is 0 Å². The van der Waals surface area contributed by atoms with Gasteiger partial charge in [0.15, 0.2) is 5.69 Å². The number of nitrogens with zero attached hydrogens (tertiary/aromatic N) is 1. The molecule has 7 nitrogen and oxygen atoms in total. The van der Waals surface area contributed by atoms with E-state index in [0.29, 0.717) is 23.4 Å². The van der Waals surface area contributed by atoms with E-state index in [2.05, 4.69) is 9.97 Å². The zero-order chi connectivity index (χ0) is 18.2. The summed E-state index contributed by atoms with van der Waals surface area (Å²) in [6, 6.07) is 6.73. The van der Waals surface area contributed by atoms with Crippen LogP contribution in [0.4, 0.5) is 0 Å². The summed E-state index contributed by atoms with van der Waals surface area (Å²) in [7, 11) is 0. The van der Waals surface area contributed by atoms with Crippen molar-refractivity contribution < 1.29 is 24.2 Å². The van der Waals surface area contributed by atoms with Gasteiger partial charge in [0.05, 0.1) is 11.3 Å². The first kappa shape index (κ1) is 17.2. The van der Waals surface area contributed by atoms with Gasteiger partial charge in [-0.15, -0.1) is 0 Å². The van der Waals surface area contributed by atoms with Crippen LogP contribution >= 0.6 is 0 Å². The highest BCUT2D eigenvalue weighted by molar-refractivity contribution is 5.95. The van der Waals surface area contributed by atoms with Gasteiger partial charge in [-0.1, -0.05) is 25.1 Å². The average Bonchev–Trinajstić information content (AvgIpc) is 3.11. The standard InChI is InChI=1S/C18H20N2O5/c1-4-7-12-19-13(14(20-12)18(2,3)23)16(22)25-17-11-9-6-5-8-10(11)15(21)24-17/h5-6,8-9,17,23H,4,7H2,1-3H3,(H,19,20). The molecule has 2 heterocycles. The lowest BCUT2D eigenvalue weighted by Gasteiger charge is -2.17. The second-order valence-electron chi connectivity index (χ2n) is 6.45. The maximum Gasteiger partial charge on any atom is 0.362 e. The normalized spacial score (nSPS) is 16.5. The highest BCUT2D eigenvalue weighted by Crippen LogP contribution is 2.32. The number of imidazole rings is 1. The molecule has 0 fully saturated rings. The fourth-order valence-corrected chi connectivity index (χ4v) is 2.72. The smallest absolute Gasteiger partial charge is 0.362 e. The van der Waals surface area contributed by atoms with Crippen molar-refractivity contribution in [1.29, 1.82) is 0 Å². The maximum atomic E-state index is 12.6. The number of cyclic esters (lactones) is 1. The molecule has 7 heteroatoms. The Hall–Kier alpha value is -2.67. The van der Waals surface area contributed by atoms with Gasteiger partial charge < -0.3 is 19.6 Å². The number of fused-ring (bicyclic) bond motifs is 1. The Morgan fingerprint density at radius 3 is 2.80 bits per heavy atom. The Morgan fingerprint density at radius 2 is 2.12 bits per heavy atom.